The Labute approximate surface area is 71.8 Å². The zero-order valence-corrected chi connectivity index (χ0v) is 7.23. The third kappa shape index (κ3) is 1.76. The van der Waals surface area contributed by atoms with E-state index in [1.807, 2.05) is 6.92 Å². The summed E-state index contributed by atoms with van der Waals surface area (Å²) in [6, 6.07) is -0.512. The van der Waals surface area contributed by atoms with Crippen molar-refractivity contribution in [2.24, 2.45) is 0 Å². The Morgan fingerprint density at radius 2 is 2.42 bits per heavy atom. The van der Waals surface area contributed by atoms with Gasteiger partial charge in [0.1, 0.15) is 12.3 Å². The molecule has 0 spiro atoms. The molecular formula is C8H15NO3. The molecule has 70 valence electrons. The number of hydrogen-bond donors (Lipinski definition) is 2. The Kier molecular flexibility index (Phi) is 3.05. The fraction of sp³-hybridized carbons (Fsp3) is 0.875. The van der Waals surface area contributed by atoms with Crippen molar-refractivity contribution < 1.29 is 15.0 Å². The maximum absolute atomic E-state index is 10.7. The number of carboxylic acids is 1. The Morgan fingerprint density at radius 1 is 1.75 bits per heavy atom. The Bertz CT molecular complexity index is 172. The van der Waals surface area contributed by atoms with Gasteiger partial charge >= 0.3 is 5.97 Å². The zero-order chi connectivity index (χ0) is 9.14. The van der Waals surface area contributed by atoms with Crippen molar-refractivity contribution in [2.45, 2.75) is 38.5 Å². The Morgan fingerprint density at radius 3 is 2.75 bits per heavy atom. The van der Waals surface area contributed by atoms with Crippen LogP contribution in [0, 0.1) is 0 Å². The van der Waals surface area contributed by atoms with Crippen molar-refractivity contribution in [3.8, 4) is 0 Å². The molecule has 0 aromatic rings. The largest absolute Gasteiger partial charge is 0.480 e. The first kappa shape index (κ1) is 9.48. The molecule has 2 unspecified atom stereocenters. The second-order valence-corrected chi connectivity index (χ2v) is 3.12. The monoisotopic (exact) mass is 173 g/mol. The van der Waals surface area contributed by atoms with Crippen molar-refractivity contribution in [1.29, 1.82) is 0 Å². The molecule has 0 radical (unpaired) electrons. The van der Waals surface area contributed by atoms with Crippen molar-refractivity contribution in [3.05, 3.63) is 0 Å². The van der Waals surface area contributed by atoms with Crippen molar-refractivity contribution in [2.75, 3.05) is 6.54 Å². The van der Waals surface area contributed by atoms with Crippen LogP contribution in [0.15, 0.2) is 0 Å². The lowest BCUT2D eigenvalue weighted by Crippen LogP contribution is -2.43. The van der Waals surface area contributed by atoms with Crippen molar-refractivity contribution in [3.63, 3.8) is 0 Å². The molecule has 0 aromatic carbocycles. The zero-order valence-electron chi connectivity index (χ0n) is 7.23. The van der Waals surface area contributed by atoms with E-state index in [1.54, 1.807) is 4.90 Å². The van der Waals surface area contributed by atoms with Gasteiger partial charge in [0, 0.05) is 6.54 Å². The summed E-state index contributed by atoms with van der Waals surface area (Å²) in [6.07, 6.45) is 1.59. The minimum Gasteiger partial charge on any atom is -0.480 e. The average molecular weight is 173 g/mol. The molecule has 12 heavy (non-hydrogen) atoms. The number of likely N-dealkylation sites (tertiary alicyclic amines) is 1. The summed E-state index contributed by atoms with van der Waals surface area (Å²) in [5.74, 6) is -0.835. The van der Waals surface area contributed by atoms with Gasteiger partial charge in [0.15, 0.2) is 0 Å². The summed E-state index contributed by atoms with van der Waals surface area (Å²) in [7, 11) is 0. The molecule has 1 heterocycles. The molecule has 0 aliphatic carbocycles. The topological polar surface area (TPSA) is 60.8 Å². The first-order chi connectivity index (χ1) is 5.66. The summed E-state index contributed by atoms with van der Waals surface area (Å²) < 4.78 is 0. The van der Waals surface area contributed by atoms with Crippen LogP contribution in [0.1, 0.15) is 26.2 Å². The molecule has 1 rings (SSSR count). The van der Waals surface area contributed by atoms with Gasteiger partial charge in [-0.2, -0.15) is 0 Å². The molecule has 1 aliphatic heterocycles. The standard InChI is InChI=1S/C8H15NO3/c1-2-6(8(11)12)9-5-3-4-7(9)10/h6-7,10H,2-5H2,1H3,(H,11,12). The molecule has 1 aliphatic rings. The fourth-order valence-corrected chi connectivity index (χ4v) is 1.69. The van der Waals surface area contributed by atoms with E-state index in [2.05, 4.69) is 0 Å². The van der Waals surface area contributed by atoms with Crippen LogP contribution in [-0.4, -0.2) is 39.9 Å². The smallest absolute Gasteiger partial charge is 0.320 e. The van der Waals surface area contributed by atoms with Crippen LogP contribution in [0.25, 0.3) is 0 Å². The first-order valence-corrected chi connectivity index (χ1v) is 4.33. The predicted molar refractivity (Wildman–Crippen MR) is 43.7 cm³/mol. The van der Waals surface area contributed by atoms with Crippen LogP contribution in [0.5, 0.6) is 0 Å². The maximum atomic E-state index is 10.7. The lowest BCUT2D eigenvalue weighted by Gasteiger charge is -2.25. The van der Waals surface area contributed by atoms with E-state index >= 15 is 0 Å². The molecule has 2 atom stereocenters. The highest BCUT2D eigenvalue weighted by atomic mass is 16.4. The number of nitrogens with zero attached hydrogens (tertiary/aromatic N) is 1. The number of carboxylic acid groups (broad SMARTS) is 1. The fourth-order valence-electron chi connectivity index (χ4n) is 1.69. The van der Waals surface area contributed by atoms with Gasteiger partial charge in [-0.25, -0.2) is 0 Å². The van der Waals surface area contributed by atoms with E-state index in [9.17, 15) is 9.90 Å². The number of rotatable bonds is 3. The first-order valence-electron chi connectivity index (χ1n) is 4.33. The second-order valence-electron chi connectivity index (χ2n) is 3.12. The van der Waals surface area contributed by atoms with E-state index in [4.69, 9.17) is 5.11 Å². The summed E-state index contributed by atoms with van der Waals surface area (Å²) >= 11 is 0. The second kappa shape index (κ2) is 3.87. The summed E-state index contributed by atoms with van der Waals surface area (Å²) in [5, 5.41) is 18.2. The van der Waals surface area contributed by atoms with Gasteiger partial charge in [0.2, 0.25) is 0 Å². The van der Waals surface area contributed by atoms with Gasteiger partial charge in [0.05, 0.1) is 0 Å². The number of carbonyl (C=O) groups is 1. The SMILES string of the molecule is CCC(C(=O)O)N1CCCC1O. The van der Waals surface area contributed by atoms with E-state index in [1.165, 1.54) is 0 Å². The van der Waals surface area contributed by atoms with Gasteiger partial charge in [-0.3, -0.25) is 9.69 Å². The summed E-state index contributed by atoms with van der Waals surface area (Å²) in [5.41, 5.74) is 0. The Balaban J connectivity index is 2.58. The molecule has 0 aromatic heterocycles. The number of aliphatic hydroxyl groups is 1. The lowest BCUT2D eigenvalue weighted by atomic mass is 10.2. The van der Waals surface area contributed by atoms with Gasteiger partial charge in [0.25, 0.3) is 0 Å². The van der Waals surface area contributed by atoms with E-state index in [0.717, 1.165) is 6.42 Å². The van der Waals surface area contributed by atoms with Gasteiger partial charge in [-0.05, 0) is 19.3 Å². The average Bonchev–Trinajstić information content (AvgIpc) is 2.38. The lowest BCUT2D eigenvalue weighted by molar-refractivity contribution is -0.146. The molecule has 1 fully saturated rings. The third-order valence-electron chi connectivity index (χ3n) is 2.33. The van der Waals surface area contributed by atoms with Crippen molar-refractivity contribution in [1.82, 2.24) is 4.90 Å². The van der Waals surface area contributed by atoms with E-state index in [-0.39, 0.29) is 0 Å². The van der Waals surface area contributed by atoms with Crippen LogP contribution in [0.4, 0.5) is 0 Å². The Hall–Kier alpha value is -0.610. The number of aliphatic carboxylic acids is 1. The van der Waals surface area contributed by atoms with Crippen LogP contribution in [0.2, 0.25) is 0 Å². The highest BCUT2D eigenvalue weighted by Crippen LogP contribution is 2.19. The van der Waals surface area contributed by atoms with E-state index in [0.29, 0.717) is 19.4 Å². The van der Waals surface area contributed by atoms with E-state index < -0.39 is 18.2 Å². The molecule has 1 saturated heterocycles. The van der Waals surface area contributed by atoms with Gasteiger partial charge in [-0.1, -0.05) is 6.92 Å². The molecule has 0 saturated carbocycles. The minimum atomic E-state index is -0.835. The highest BCUT2D eigenvalue weighted by Gasteiger charge is 2.32. The highest BCUT2D eigenvalue weighted by molar-refractivity contribution is 5.73. The summed E-state index contributed by atoms with van der Waals surface area (Å²) in [4.78, 5) is 12.4. The number of hydrogen-bond acceptors (Lipinski definition) is 3. The molecular weight excluding hydrogens is 158 g/mol. The minimum absolute atomic E-state index is 0.512. The van der Waals surface area contributed by atoms with Crippen LogP contribution < -0.4 is 0 Å². The van der Waals surface area contributed by atoms with Crippen LogP contribution in [0.3, 0.4) is 0 Å². The molecule has 4 nitrogen and oxygen atoms in total. The molecule has 4 heteroatoms. The molecule has 0 bridgehead atoms. The van der Waals surface area contributed by atoms with Gasteiger partial charge in [-0.15, -0.1) is 0 Å². The maximum Gasteiger partial charge on any atom is 0.320 e. The predicted octanol–water partition coefficient (Wildman–Crippen LogP) is 0.264. The van der Waals surface area contributed by atoms with Gasteiger partial charge < -0.3 is 10.2 Å². The van der Waals surface area contributed by atoms with Crippen molar-refractivity contribution >= 4 is 5.97 Å². The molecule has 2 N–H and O–H groups in total. The molecule has 0 amide bonds. The normalized spacial score (nSPS) is 27.3. The summed E-state index contributed by atoms with van der Waals surface area (Å²) in [6.45, 7) is 2.52. The third-order valence-corrected chi connectivity index (χ3v) is 2.33. The van der Waals surface area contributed by atoms with Crippen LogP contribution >= 0.6 is 0 Å². The number of aliphatic hydroxyl groups excluding tert-OH is 1. The van der Waals surface area contributed by atoms with Crippen LogP contribution in [-0.2, 0) is 4.79 Å². The quantitative estimate of drug-likeness (QED) is 0.643.